The monoisotopic (exact) mass is 337 g/mol. The molecule has 1 heterocycles. The van der Waals surface area contributed by atoms with E-state index in [1.807, 2.05) is 48.5 Å². The van der Waals surface area contributed by atoms with Crippen LogP contribution in [0.1, 0.15) is 20.3 Å². The van der Waals surface area contributed by atoms with Gasteiger partial charge in [-0.05, 0) is 55.8 Å². The summed E-state index contributed by atoms with van der Waals surface area (Å²) in [7, 11) is 3.32. The summed E-state index contributed by atoms with van der Waals surface area (Å²) >= 11 is 0. The molecule has 0 aliphatic rings. The Balaban J connectivity index is 2.22. The predicted molar refractivity (Wildman–Crippen MR) is 100 cm³/mol. The molecule has 0 saturated heterocycles. The van der Waals surface area contributed by atoms with Crippen LogP contribution in [0.3, 0.4) is 0 Å². The van der Waals surface area contributed by atoms with E-state index < -0.39 is 0 Å². The lowest BCUT2D eigenvalue weighted by molar-refractivity contribution is 0.414. The van der Waals surface area contributed by atoms with Gasteiger partial charge in [0.05, 0.1) is 19.6 Å². The third kappa shape index (κ3) is 3.68. The summed E-state index contributed by atoms with van der Waals surface area (Å²) in [5, 5.41) is 1.87. The molecule has 0 saturated carbocycles. The second kappa shape index (κ2) is 7.43. The Bertz CT molecular complexity index is 926. The number of benzene rings is 2. The van der Waals surface area contributed by atoms with E-state index in [1.165, 1.54) is 0 Å². The number of ether oxygens (including phenoxy) is 2. The van der Waals surface area contributed by atoms with Crippen LogP contribution in [0.2, 0.25) is 0 Å². The number of nitrogens with zero attached hydrogens (tertiary/aromatic N) is 1. The lowest BCUT2D eigenvalue weighted by Gasteiger charge is -2.08. The van der Waals surface area contributed by atoms with Crippen LogP contribution in [0.25, 0.3) is 22.3 Å². The molecule has 3 rings (SSSR count). The smallest absolute Gasteiger partial charge is 0.137 e. The second-order valence-electron chi connectivity index (χ2n) is 5.97. The maximum Gasteiger partial charge on any atom is 0.137 e. The molecule has 0 amide bonds. The van der Waals surface area contributed by atoms with Crippen molar-refractivity contribution in [1.29, 1.82) is 0 Å². The highest BCUT2D eigenvalue weighted by Gasteiger charge is 2.08. The molecule has 0 aliphatic carbocycles. The van der Waals surface area contributed by atoms with Crippen LogP contribution in [0.4, 0.5) is 0 Å². The van der Waals surface area contributed by atoms with Crippen LogP contribution < -0.4 is 14.8 Å². The van der Waals surface area contributed by atoms with Crippen molar-refractivity contribution in [3.63, 3.8) is 0 Å². The first kappa shape index (κ1) is 17.1. The zero-order chi connectivity index (χ0) is 17.8. The molecule has 3 aromatic rings. The van der Waals surface area contributed by atoms with Crippen molar-refractivity contribution >= 4 is 11.0 Å². The van der Waals surface area contributed by atoms with Gasteiger partial charge in [-0.15, -0.1) is 0 Å². The molecule has 0 spiro atoms. The van der Waals surface area contributed by atoms with Gasteiger partial charge in [0.15, 0.2) is 0 Å². The average Bonchev–Trinajstić information content (AvgIpc) is 2.67. The van der Waals surface area contributed by atoms with Crippen molar-refractivity contribution in [1.82, 2.24) is 0 Å². The minimum Gasteiger partial charge on any atom is -0.497 e. The summed E-state index contributed by atoms with van der Waals surface area (Å²) in [6.45, 7) is 4.25. The molecule has 0 bridgehead atoms. The zero-order valence-corrected chi connectivity index (χ0v) is 15.1. The van der Waals surface area contributed by atoms with Gasteiger partial charge in [-0.25, -0.2) is 0 Å². The predicted octanol–water partition coefficient (Wildman–Crippen LogP) is 4.82. The van der Waals surface area contributed by atoms with Gasteiger partial charge < -0.3 is 13.9 Å². The van der Waals surface area contributed by atoms with E-state index in [1.54, 1.807) is 14.2 Å². The first-order valence-electron chi connectivity index (χ1n) is 8.44. The van der Waals surface area contributed by atoms with Gasteiger partial charge in [-0.2, -0.15) is 0 Å². The number of methoxy groups -OCH3 is 2. The molecule has 0 N–H and O–H groups in total. The van der Waals surface area contributed by atoms with Gasteiger partial charge >= 0.3 is 0 Å². The van der Waals surface area contributed by atoms with Crippen molar-refractivity contribution in [2.24, 2.45) is 4.99 Å². The molecule has 0 radical (unpaired) electrons. The number of hydrogen-bond acceptors (Lipinski definition) is 4. The Morgan fingerprint density at radius 1 is 0.960 bits per heavy atom. The highest BCUT2D eigenvalue weighted by Crippen LogP contribution is 2.26. The van der Waals surface area contributed by atoms with Crippen molar-refractivity contribution in [3.8, 4) is 22.8 Å². The van der Waals surface area contributed by atoms with Gasteiger partial charge in [0.1, 0.15) is 22.8 Å². The minimum absolute atomic E-state index is 0.237. The van der Waals surface area contributed by atoms with Crippen molar-refractivity contribution in [2.75, 3.05) is 14.2 Å². The summed E-state index contributed by atoms with van der Waals surface area (Å²) in [5.41, 5.74) is 1.77. The highest BCUT2D eigenvalue weighted by molar-refractivity contribution is 5.80. The topological polar surface area (TPSA) is 44.0 Å². The molecule has 1 aromatic heterocycles. The molecule has 4 nitrogen and oxygen atoms in total. The fraction of sp³-hybridized carbons (Fsp3) is 0.286. The standard InChI is InChI=1S/C21H23NO3/c1-5-14(2)22-19-13-21(15-6-8-16(23-3)9-7-15)25-20-11-10-17(24-4)12-18(19)20/h6-14H,5H2,1-4H3/t14-/m1/s1. The largest absolute Gasteiger partial charge is 0.497 e. The second-order valence-corrected chi connectivity index (χ2v) is 5.97. The molecule has 2 aromatic carbocycles. The van der Waals surface area contributed by atoms with Crippen molar-refractivity contribution in [3.05, 3.63) is 53.9 Å². The van der Waals surface area contributed by atoms with Gasteiger partial charge in [0, 0.05) is 23.1 Å². The number of fused-ring (bicyclic) bond motifs is 1. The number of rotatable bonds is 5. The maximum absolute atomic E-state index is 6.12. The van der Waals surface area contributed by atoms with Crippen LogP contribution in [-0.4, -0.2) is 20.3 Å². The first-order valence-corrected chi connectivity index (χ1v) is 8.44. The Labute approximate surface area is 147 Å². The van der Waals surface area contributed by atoms with E-state index in [2.05, 4.69) is 13.8 Å². The normalized spacial score (nSPS) is 13.0. The lowest BCUT2D eigenvalue weighted by Crippen LogP contribution is -2.09. The molecule has 4 heteroatoms. The lowest BCUT2D eigenvalue weighted by atomic mass is 10.1. The summed E-state index contributed by atoms with van der Waals surface area (Å²) in [4.78, 5) is 4.86. The summed E-state index contributed by atoms with van der Waals surface area (Å²) in [6, 6.07) is 15.9. The molecule has 25 heavy (non-hydrogen) atoms. The van der Waals surface area contributed by atoms with E-state index in [-0.39, 0.29) is 6.04 Å². The highest BCUT2D eigenvalue weighted by atomic mass is 16.5. The summed E-state index contributed by atoms with van der Waals surface area (Å²) < 4.78 is 16.7. The van der Waals surface area contributed by atoms with Crippen LogP contribution in [0.15, 0.2) is 57.9 Å². The van der Waals surface area contributed by atoms with Gasteiger partial charge in [0.25, 0.3) is 0 Å². The third-order valence-electron chi connectivity index (χ3n) is 4.28. The van der Waals surface area contributed by atoms with Crippen LogP contribution in [0, 0.1) is 0 Å². The summed E-state index contributed by atoms with van der Waals surface area (Å²) in [6.07, 6.45) is 0.982. The van der Waals surface area contributed by atoms with Gasteiger partial charge in [-0.1, -0.05) is 6.92 Å². The van der Waals surface area contributed by atoms with Crippen LogP contribution >= 0.6 is 0 Å². The summed E-state index contributed by atoms with van der Waals surface area (Å²) in [5.74, 6) is 2.39. The Morgan fingerprint density at radius 2 is 1.64 bits per heavy atom. The fourth-order valence-corrected chi connectivity index (χ4v) is 2.61. The van der Waals surface area contributed by atoms with E-state index in [0.717, 1.165) is 45.6 Å². The quantitative estimate of drug-likeness (QED) is 0.670. The molecule has 0 aliphatic heterocycles. The Kier molecular flexibility index (Phi) is 5.08. The Morgan fingerprint density at radius 3 is 2.28 bits per heavy atom. The molecule has 0 unspecified atom stereocenters. The Hall–Kier alpha value is -2.75. The van der Waals surface area contributed by atoms with E-state index in [9.17, 15) is 0 Å². The zero-order valence-electron chi connectivity index (χ0n) is 15.1. The third-order valence-corrected chi connectivity index (χ3v) is 4.28. The average molecular weight is 337 g/mol. The molecule has 1 atom stereocenters. The SMILES string of the molecule is CC[C@@H](C)N=c1cc(-c2ccc(OC)cc2)oc2ccc(OC)cc12. The molecule has 130 valence electrons. The van der Waals surface area contributed by atoms with E-state index >= 15 is 0 Å². The van der Waals surface area contributed by atoms with Gasteiger partial charge in [-0.3, -0.25) is 4.99 Å². The minimum atomic E-state index is 0.237. The van der Waals surface area contributed by atoms with E-state index in [4.69, 9.17) is 18.9 Å². The fourth-order valence-electron chi connectivity index (χ4n) is 2.61. The molecule has 0 fully saturated rings. The number of hydrogen-bond donors (Lipinski definition) is 0. The first-order chi connectivity index (χ1) is 12.1. The van der Waals surface area contributed by atoms with Crippen LogP contribution in [-0.2, 0) is 0 Å². The van der Waals surface area contributed by atoms with Crippen LogP contribution in [0.5, 0.6) is 11.5 Å². The van der Waals surface area contributed by atoms with Gasteiger partial charge in [0.2, 0.25) is 0 Å². The maximum atomic E-state index is 6.12. The van der Waals surface area contributed by atoms with Crippen molar-refractivity contribution < 1.29 is 13.9 Å². The van der Waals surface area contributed by atoms with E-state index in [0.29, 0.717) is 0 Å². The van der Waals surface area contributed by atoms with Crippen molar-refractivity contribution in [2.45, 2.75) is 26.3 Å². The molecular weight excluding hydrogens is 314 g/mol. The molecular formula is C21H23NO3.